The molecule has 1 N–H and O–H groups in total. The first-order valence-corrected chi connectivity index (χ1v) is 3.86. The van der Waals surface area contributed by atoms with Gasteiger partial charge in [-0.15, -0.1) is 0 Å². The summed E-state index contributed by atoms with van der Waals surface area (Å²) in [5.41, 5.74) is 0. The van der Waals surface area contributed by atoms with Gasteiger partial charge in [-0.3, -0.25) is 9.59 Å². The number of carbonyl (C=O) groups excluding carboxylic acids is 1. The van der Waals surface area contributed by atoms with Crippen molar-refractivity contribution in [1.29, 1.82) is 0 Å². The van der Waals surface area contributed by atoms with E-state index in [4.69, 9.17) is 5.11 Å². The Kier molecular flexibility index (Phi) is 2.27. The Morgan fingerprint density at radius 1 is 1.55 bits per heavy atom. The molecule has 0 saturated heterocycles. The summed E-state index contributed by atoms with van der Waals surface area (Å²) >= 11 is 0. The van der Waals surface area contributed by atoms with E-state index < -0.39 is 5.97 Å². The maximum absolute atomic E-state index is 11.2. The Labute approximate surface area is 65.4 Å². The molecule has 0 aromatic carbocycles. The third-order valence-electron chi connectivity index (χ3n) is 1.95. The van der Waals surface area contributed by atoms with Gasteiger partial charge in [0.1, 0.15) is 5.78 Å². The van der Waals surface area contributed by atoms with Crippen LogP contribution in [-0.4, -0.2) is 16.9 Å². The van der Waals surface area contributed by atoms with Crippen molar-refractivity contribution in [2.45, 2.75) is 26.2 Å². The number of carboxylic acids is 1. The number of hydrogen-bond acceptors (Lipinski definition) is 2. The largest absolute Gasteiger partial charge is 0.481 e. The van der Waals surface area contributed by atoms with Crippen molar-refractivity contribution in [3.63, 3.8) is 0 Å². The third kappa shape index (κ3) is 2.33. The molecule has 0 unspecified atom stereocenters. The molecule has 0 spiro atoms. The quantitative estimate of drug-likeness (QED) is 0.662. The van der Waals surface area contributed by atoms with Crippen LogP contribution in [0, 0.1) is 11.8 Å². The summed E-state index contributed by atoms with van der Waals surface area (Å²) in [4.78, 5) is 21.4. The molecule has 0 heterocycles. The molecule has 0 aliphatic heterocycles. The first-order valence-electron chi connectivity index (χ1n) is 3.86. The molecule has 62 valence electrons. The molecule has 3 heteroatoms. The number of Topliss-reactive ketones (excluding diaryl/α,β-unsaturated/α-hetero) is 1. The number of rotatable bonds is 4. The maximum atomic E-state index is 11.2. The van der Waals surface area contributed by atoms with E-state index in [1.807, 2.05) is 0 Å². The van der Waals surface area contributed by atoms with Crippen LogP contribution < -0.4 is 0 Å². The third-order valence-corrected chi connectivity index (χ3v) is 1.95. The molecule has 0 aromatic rings. The Hall–Kier alpha value is -0.860. The van der Waals surface area contributed by atoms with Crippen molar-refractivity contribution in [1.82, 2.24) is 0 Å². The van der Waals surface area contributed by atoms with Gasteiger partial charge in [0, 0.05) is 11.8 Å². The summed E-state index contributed by atoms with van der Waals surface area (Å²) in [6.45, 7) is 1.69. The number of ketones is 1. The van der Waals surface area contributed by atoms with Gasteiger partial charge in [-0.05, 0) is 12.8 Å². The first kappa shape index (κ1) is 8.24. The highest BCUT2D eigenvalue weighted by molar-refractivity contribution is 5.88. The summed E-state index contributed by atoms with van der Waals surface area (Å²) in [5.74, 6) is -0.858. The number of carbonyl (C=O) groups is 2. The minimum Gasteiger partial charge on any atom is -0.481 e. The predicted molar refractivity (Wildman–Crippen MR) is 39.1 cm³/mol. The lowest BCUT2D eigenvalue weighted by Crippen LogP contribution is -2.16. The molecule has 0 aromatic heterocycles. The topological polar surface area (TPSA) is 54.4 Å². The van der Waals surface area contributed by atoms with Gasteiger partial charge in [-0.1, -0.05) is 6.92 Å². The van der Waals surface area contributed by atoms with Crippen LogP contribution >= 0.6 is 0 Å². The van der Waals surface area contributed by atoms with Gasteiger partial charge in [0.25, 0.3) is 0 Å². The average molecular weight is 156 g/mol. The zero-order valence-corrected chi connectivity index (χ0v) is 6.54. The lowest BCUT2D eigenvalue weighted by atomic mass is 9.99. The van der Waals surface area contributed by atoms with Gasteiger partial charge in [0.05, 0.1) is 6.42 Å². The molecular formula is C8H12O3. The van der Waals surface area contributed by atoms with Crippen LogP contribution in [0.15, 0.2) is 0 Å². The molecule has 1 fully saturated rings. The monoisotopic (exact) mass is 156 g/mol. The molecule has 1 rings (SSSR count). The second-order valence-corrected chi connectivity index (χ2v) is 3.18. The Balaban J connectivity index is 2.33. The van der Waals surface area contributed by atoms with Gasteiger partial charge in [-0.25, -0.2) is 0 Å². The highest BCUT2D eigenvalue weighted by atomic mass is 16.4. The van der Waals surface area contributed by atoms with Crippen molar-refractivity contribution in [2.75, 3.05) is 0 Å². The average Bonchev–Trinajstić information content (AvgIpc) is 2.65. The van der Waals surface area contributed by atoms with Crippen molar-refractivity contribution in [3.8, 4) is 0 Å². The lowest BCUT2D eigenvalue weighted by Gasteiger charge is -2.04. The summed E-state index contributed by atoms with van der Waals surface area (Å²) in [5, 5.41) is 8.38. The summed E-state index contributed by atoms with van der Waals surface area (Å²) in [7, 11) is 0. The van der Waals surface area contributed by atoms with E-state index in [1.165, 1.54) is 0 Å². The van der Waals surface area contributed by atoms with E-state index >= 15 is 0 Å². The fraction of sp³-hybridized carbons (Fsp3) is 0.750. The highest BCUT2D eigenvalue weighted by Crippen LogP contribution is 2.32. The summed E-state index contributed by atoms with van der Waals surface area (Å²) in [6.07, 6.45) is 1.90. The normalized spacial score (nSPS) is 19.4. The van der Waals surface area contributed by atoms with Crippen LogP contribution in [0.4, 0.5) is 0 Å². The van der Waals surface area contributed by atoms with E-state index in [9.17, 15) is 9.59 Å². The molecule has 11 heavy (non-hydrogen) atoms. The number of hydrogen-bond donors (Lipinski definition) is 1. The van der Waals surface area contributed by atoms with Crippen molar-refractivity contribution < 1.29 is 14.7 Å². The molecular weight excluding hydrogens is 144 g/mol. The molecule has 1 saturated carbocycles. The minimum atomic E-state index is -0.883. The van der Waals surface area contributed by atoms with Crippen LogP contribution in [0.25, 0.3) is 0 Å². The minimum absolute atomic E-state index is 0.0185. The molecule has 0 bridgehead atoms. The van der Waals surface area contributed by atoms with Crippen LogP contribution in [0.2, 0.25) is 0 Å². The molecule has 0 amide bonds. The first-order chi connectivity index (χ1) is 5.11. The van der Waals surface area contributed by atoms with Gasteiger partial charge < -0.3 is 5.11 Å². The van der Waals surface area contributed by atoms with E-state index in [-0.39, 0.29) is 24.0 Å². The fourth-order valence-corrected chi connectivity index (χ4v) is 1.13. The van der Waals surface area contributed by atoms with Gasteiger partial charge in [0.15, 0.2) is 0 Å². The summed E-state index contributed by atoms with van der Waals surface area (Å²) < 4.78 is 0. The second kappa shape index (κ2) is 3.03. The van der Waals surface area contributed by atoms with Gasteiger partial charge >= 0.3 is 5.97 Å². The van der Waals surface area contributed by atoms with E-state index in [0.717, 1.165) is 12.8 Å². The molecule has 3 nitrogen and oxygen atoms in total. The van der Waals surface area contributed by atoms with Crippen LogP contribution in [0.5, 0.6) is 0 Å². The second-order valence-electron chi connectivity index (χ2n) is 3.18. The standard InChI is InChI=1S/C8H12O3/c1-5(4-7(9)10)8(11)6-2-3-6/h5-6H,2-4H2,1H3,(H,9,10)/t5-/m0/s1. The smallest absolute Gasteiger partial charge is 0.304 e. The summed E-state index contributed by atoms with van der Waals surface area (Å²) in [6, 6.07) is 0. The number of carboxylic acid groups (broad SMARTS) is 1. The van der Waals surface area contributed by atoms with Crippen molar-refractivity contribution in [3.05, 3.63) is 0 Å². The Morgan fingerprint density at radius 2 is 2.09 bits per heavy atom. The maximum Gasteiger partial charge on any atom is 0.304 e. The SMILES string of the molecule is C[C@@H](CC(=O)O)C(=O)C1CC1. The predicted octanol–water partition coefficient (Wildman–Crippen LogP) is 1.08. The Morgan fingerprint density at radius 3 is 2.45 bits per heavy atom. The van der Waals surface area contributed by atoms with E-state index in [0.29, 0.717) is 0 Å². The van der Waals surface area contributed by atoms with E-state index in [2.05, 4.69) is 0 Å². The fourth-order valence-electron chi connectivity index (χ4n) is 1.13. The zero-order valence-electron chi connectivity index (χ0n) is 6.54. The highest BCUT2D eigenvalue weighted by Gasteiger charge is 2.33. The molecule has 1 aliphatic rings. The van der Waals surface area contributed by atoms with Gasteiger partial charge in [-0.2, -0.15) is 0 Å². The van der Waals surface area contributed by atoms with E-state index in [1.54, 1.807) is 6.92 Å². The molecule has 1 aliphatic carbocycles. The van der Waals surface area contributed by atoms with Crippen molar-refractivity contribution >= 4 is 11.8 Å². The van der Waals surface area contributed by atoms with Crippen LogP contribution in [-0.2, 0) is 9.59 Å². The number of aliphatic carboxylic acids is 1. The van der Waals surface area contributed by atoms with Crippen LogP contribution in [0.1, 0.15) is 26.2 Å². The van der Waals surface area contributed by atoms with Crippen molar-refractivity contribution in [2.24, 2.45) is 11.8 Å². The van der Waals surface area contributed by atoms with Gasteiger partial charge in [0.2, 0.25) is 0 Å². The Bertz CT molecular complexity index is 182. The molecule has 1 atom stereocenters. The lowest BCUT2D eigenvalue weighted by molar-refractivity contribution is -0.140. The van der Waals surface area contributed by atoms with Crippen LogP contribution in [0.3, 0.4) is 0 Å². The molecule has 0 radical (unpaired) electrons. The zero-order chi connectivity index (χ0) is 8.43.